The summed E-state index contributed by atoms with van der Waals surface area (Å²) < 4.78 is 6.46. The van der Waals surface area contributed by atoms with Crippen LogP contribution in [0.2, 0.25) is 0 Å². The van der Waals surface area contributed by atoms with Crippen LogP contribution >= 0.6 is 15.9 Å². The summed E-state index contributed by atoms with van der Waals surface area (Å²) in [7, 11) is 0. The first kappa shape index (κ1) is 11.0. The summed E-state index contributed by atoms with van der Waals surface area (Å²) in [6, 6.07) is 5.77. The first-order valence-electron chi connectivity index (χ1n) is 4.27. The van der Waals surface area contributed by atoms with Crippen molar-refractivity contribution in [2.45, 2.75) is 20.0 Å². The van der Waals surface area contributed by atoms with Crippen molar-refractivity contribution in [2.24, 2.45) is 5.73 Å². The standard InChI is InChI=1S/C10H13BrN2O/c1-6-3-4-8(11)5-9(6)14-7(2)10(12)13/h3-5,7H,1-2H3,(H3,12,13). The monoisotopic (exact) mass is 256 g/mol. The molecule has 0 amide bonds. The van der Waals surface area contributed by atoms with E-state index < -0.39 is 0 Å². The zero-order chi connectivity index (χ0) is 10.7. The summed E-state index contributed by atoms with van der Waals surface area (Å²) >= 11 is 3.36. The highest BCUT2D eigenvalue weighted by Gasteiger charge is 2.08. The first-order valence-corrected chi connectivity index (χ1v) is 5.06. The molecule has 0 saturated carbocycles. The van der Waals surface area contributed by atoms with Gasteiger partial charge in [-0.1, -0.05) is 22.0 Å². The number of rotatable bonds is 3. The summed E-state index contributed by atoms with van der Waals surface area (Å²) in [4.78, 5) is 0. The quantitative estimate of drug-likeness (QED) is 0.645. The Morgan fingerprint density at radius 3 is 2.79 bits per heavy atom. The van der Waals surface area contributed by atoms with Gasteiger partial charge in [0, 0.05) is 4.47 Å². The van der Waals surface area contributed by atoms with E-state index >= 15 is 0 Å². The van der Waals surface area contributed by atoms with E-state index in [0.717, 1.165) is 15.8 Å². The molecule has 1 aromatic carbocycles. The fourth-order valence-corrected chi connectivity index (χ4v) is 1.29. The lowest BCUT2D eigenvalue weighted by molar-refractivity contribution is 0.282. The van der Waals surface area contributed by atoms with Gasteiger partial charge in [-0.3, -0.25) is 5.41 Å². The van der Waals surface area contributed by atoms with E-state index in [1.165, 1.54) is 0 Å². The van der Waals surface area contributed by atoms with E-state index in [1.807, 2.05) is 25.1 Å². The lowest BCUT2D eigenvalue weighted by Crippen LogP contribution is -2.30. The number of nitrogens with two attached hydrogens (primary N) is 1. The van der Waals surface area contributed by atoms with Crippen molar-refractivity contribution < 1.29 is 4.74 Å². The molecule has 0 saturated heterocycles. The van der Waals surface area contributed by atoms with Gasteiger partial charge in [0.2, 0.25) is 0 Å². The van der Waals surface area contributed by atoms with Crippen LogP contribution in [0.1, 0.15) is 12.5 Å². The highest BCUT2D eigenvalue weighted by atomic mass is 79.9. The average molecular weight is 257 g/mol. The number of hydrogen-bond donors (Lipinski definition) is 2. The molecule has 0 aliphatic carbocycles. The summed E-state index contributed by atoms with van der Waals surface area (Å²) in [5.41, 5.74) is 6.35. The average Bonchev–Trinajstić information content (AvgIpc) is 2.11. The Hall–Kier alpha value is -1.03. The molecule has 0 aliphatic rings. The zero-order valence-corrected chi connectivity index (χ0v) is 9.76. The van der Waals surface area contributed by atoms with Crippen LogP contribution in [0, 0.1) is 12.3 Å². The molecule has 0 aromatic heterocycles. The molecule has 14 heavy (non-hydrogen) atoms. The Balaban J connectivity index is 2.85. The third-order valence-electron chi connectivity index (χ3n) is 1.89. The predicted molar refractivity (Wildman–Crippen MR) is 60.9 cm³/mol. The number of ether oxygens (including phenoxy) is 1. The maximum absolute atomic E-state index is 7.21. The van der Waals surface area contributed by atoms with Crippen LogP contribution in [0.3, 0.4) is 0 Å². The van der Waals surface area contributed by atoms with Gasteiger partial charge in [-0.15, -0.1) is 0 Å². The molecule has 3 N–H and O–H groups in total. The molecular formula is C10H13BrN2O. The minimum Gasteiger partial charge on any atom is -0.483 e. The van der Waals surface area contributed by atoms with Gasteiger partial charge in [0.15, 0.2) is 6.10 Å². The Morgan fingerprint density at radius 1 is 1.57 bits per heavy atom. The van der Waals surface area contributed by atoms with E-state index in [4.69, 9.17) is 15.9 Å². The molecule has 1 unspecified atom stereocenters. The van der Waals surface area contributed by atoms with E-state index in [-0.39, 0.29) is 11.9 Å². The second kappa shape index (κ2) is 4.46. The molecule has 1 atom stereocenters. The second-order valence-corrected chi connectivity index (χ2v) is 4.04. The van der Waals surface area contributed by atoms with Gasteiger partial charge in [-0.05, 0) is 31.5 Å². The molecule has 0 bridgehead atoms. The van der Waals surface area contributed by atoms with Crippen LogP contribution in [0.4, 0.5) is 0 Å². The van der Waals surface area contributed by atoms with Gasteiger partial charge in [-0.2, -0.15) is 0 Å². The Bertz CT molecular complexity index is 352. The van der Waals surface area contributed by atoms with Gasteiger partial charge in [-0.25, -0.2) is 0 Å². The molecule has 0 aliphatic heterocycles. The van der Waals surface area contributed by atoms with Gasteiger partial charge in [0.25, 0.3) is 0 Å². The summed E-state index contributed by atoms with van der Waals surface area (Å²) in [5, 5.41) is 7.21. The Kier molecular flexibility index (Phi) is 3.52. The minimum atomic E-state index is -0.386. The van der Waals surface area contributed by atoms with Gasteiger partial charge >= 0.3 is 0 Å². The van der Waals surface area contributed by atoms with E-state index in [9.17, 15) is 0 Å². The van der Waals surface area contributed by atoms with Crippen LogP contribution < -0.4 is 10.5 Å². The number of aryl methyl sites for hydroxylation is 1. The normalized spacial score (nSPS) is 12.2. The Labute approximate surface area is 91.9 Å². The fraction of sp³-hybridized carbons (Fsp3) is 0.300. The smallest absolute Gasteiger partial charge is 0.152 e. The molecule has 3 nitrogen and oxygen atoms in total. The summed E-state index contributed by atoms with van der Waals surface area (Å²) in [6.45, 7) is 3.71. The van der Waals surface area contributed by atoms with Crippen LogP contribution in [-0.4, -0.2) is 11.9 Å². The zero-order valence-electron chi connectivity index (χ0n) is 8.17. The van der Waals surface area contributed by atoms with Crippen LogP contribution in [0.5, 0.6) is 5.75 Å². The van der Waals surface area contributed by atoms with Crippen LogP contribution in [0.15, 0.2) is 22.7 Å². The number of amidine groups is 1. The van der Waals surface area contributed by atoms with Crippen molar-refractivity contribution in [1.29, 1.82) is 5.41 Å². The molecule has 4 heteroatoms. The molecule has 1 rings (SSSR count). The Morgan fingerprint density at radius 2 is 2.21 bits per heavy atom. The highest BCUT2D eigenvalue weighted by Crippen LogP contribution is 2.23. The largest absolute Gasteiger partial charge is 0.483 e. The lowest BCUT2D eigenvalue weighted by Gasteiger charge is -2.15. The maximum Gasteiger partial charge on any atom is 0.152 e. The van der Waals surface area contributed by atoms with Crippen molar-refractivity contribution in [2.75, 3.05) is 0 Å². The third-order valence-corrected chi connectivity index (χ3v) is 2.39. The minimum absolute atomic E-state index is 0.0318. The van der Waals surface area contributed by atoms with Crippen molar-refractivity contribution in [1.82, 2.24) is 0 Å². The van der Waals surface area contributed by atoms with Crippen LogP contribution in [0.25, 0.3) is 0 Å². The van der Waals surface area contributed by atoms with Crippen molar-refractivity contribution >= 4 is 21.8 Å². The SMILES string of the molecule is Cc1ccc(Br)cc1OC(C)C(=N)N. The fourth-order valence-electron chi connectivity index (χ4n) is 0.955. The molecule has 0 radical (unpaired) electrons. The van der Waals surface area contributed by atoms with Crippen molar-refractivity contribution in [3.63, 3.8) is 0 Å². The molecule has 76 valence electrons. The molecule has 0 spiro atoms. The third kappa shape index (κ3) is 2.73. The van der Waals surface area contributed by atoms with Crippen LogP contribution in [-0.2, 0) is 0 Å². The summed E-state index contributed by atoms with van der Waals surface area (Å²) in [5.74, 6) is 0.784. The van der Waals surface area contributed by atoms with E-state index in [1.54, 1.807) is 6.92 Å². The predicted octanol–water partition coefficient (Wildman–Crippen LogP) is 2.46. The lowest BCUT2D eigenvalue weighted by atomic mass is 10.2. The van der Waals surface area contributed by atoms with E-state index in [0.29, 0.717) is 0 Å². The first-order chi connectivity index (χ1) is 6.50. The number of benzene rings is 1. The molecular weight excluding hydrogens is 244 g/mol. The summed E-state index contributed by atoms with van der Waals surface area (Å²) in [6.07, 6.45) is -0.386. The van der Waals surface area contributed by atoms with Gasteiger partial charge in [0.1, 0.15) is 11.6 Å². The number of hydrogen-bond acceptors (Lipinski definition) is 2. The van der Waals surface area contributed by atoms with Crippen molar-refractivity contribution in [3.8, 4) is 5.75 Å². The highest BCUT2D eigenvalue weighted by molar-refractivity contribution is 9.10. The van der Waals surface area contributed by atoms with Gasteiger partial charge < -0.3 is 10.5 Å². The molecule has 0 heterocycles. The maximum atomic E-state index is 7.21. The van der Waals surface area contributed by atoms with E-state index in [2.05, 4.69) is 15.9 Å². The molecule has 0 fully saturated rings. The second-order valence-electron chi connectivity index (χ2n) is 3.13. The van der Waals surface area contributed by atoms with Gasteiger partial charge in [0.05, 0.1) is 0 Å². The van der Waals surface area contributed by atoms with Crippen molar-refractivity contribution in [3.05, 3.63) is 28.2 Å². The topological polar surface area (TPSA) is 59.1 Å². The number of nitrogens with one attached hydrogen (secondary N) is 1. The molecule has 1 aromatic rings. The number of halogens is 1.